The molecule has 0 aromatic carbocycles. The highest BCUT2D eigenvalue weighted by atomic mass is 32.2. The second-order valence-electron chi connectivity index (χ2n) is 7.49. The maximum atomic E-state index is 12.5. The topological polar surface area (TPSA) is 68.3 Å². The number of pyridine rings is 1. The second kappa shape index (κ2) is 9.54. The Labute approximate surface area is 176 Å². The minimum absolute atomic E-state index is 0.0545. The molecule has 3 heterocycles. The van der Waals surface area contributed by atoms with Crippen molar-refractivity contribution in [2.45, 2.75) is 63.5 Å². The first-order valence-corrected chi connectivity index (χ1v) is 11.1. The minimum atomic E-state index is -0.0545. The van der Waals surface area contributed by atoms with Gasteiger partial charge in [-0.1, -0.05) is 38.1 Å². The van der Waals surface area contributed by atoms with Crippen molar-refractivity contribution >= 4 is 17.4 Å². The summed E-state index contributed by atoms with van der Waals surface area (Å²) in [5, 5.41) is 9.88. The second-order valence-corrected chi connectivity index (χ2v) is 8.44. The van der Waals surface area contributed by atoms with Crippen molar-refractivity contribution in [2.75, 3.05) is 14.1 Å². The van der Waals surface area contributed by atoms with Gasteiger partial charge in [-0.05, 0) is 45.5 Å². The molecule has 0 amide bonds. The molecule has 8 heteroatoms. The van der Waals surface area contributed by atoms with Gasteiger partial charge >= 0.3 is 0 Å². The molecule has 0 saturated heterocycles. The Morgan fingerprint density at radius 2 is 2.03 bits per heavy atom. The van der Waals surface area contributed by atoms with E-state index in [1.807, 2.05) is 19.1 Å². The number of hydrogen-bond acceptors (Lipinski definition) is 6. The molecular weight excluding hydrogens is 384 g/mol. The number of fused-ring (bicyclic) bond motifs is 1. The van der Waals surface area contributed by atoms with E-state index in [9.17, 15) is 4.79 Å². The lowest BCUT2D eigenvalue weighted by Crippen LogP contribution is -2.23. The van der Waals surface area contributed by atoms with Crippen molar-refractivity contribution in [1.82, 2.24) is 29.0 Å². The van der Waals surface area contributed by atoms with E-state index in [1.54, 1.807) is 28.4 Å². The van der Waals surface area contributed by atoms with Crippen LogP contribution in [0.2, 0.25) is 0 Å². The molecule has 156 valence electrons. The fraction of sp³-hybridized carbons (Fsp3) is 0.524. The van der Waals surface area contributed by atoms with Crippen LogP contribution in [0.15, 0.2) is 34.3 Å². The van der Waals surface area contributed by atoms with E-state index >= 15 is 0 Å². The molecule has 29 heavy (non-hydrogen) atoms. The average molecular weight is 415 g/mol. The molecule has 0 spiro atoms. The van der Waals surface area contributed by atoms with Crippen LogP contribution in [0.25, 0.3) is 5.65 Å². The average Bonchev–Trinajstić information content (AvgIpc) is 3.08. The number of aryl methyl sites for hydroxylation is 1. The molecule has 0 aliphatic heterocycles. The molecule has 0 radical (unpaired) electrons. The van der Waals surface area contributed by atoms with Crippen molar-refractivity contribution in [3.05, 3.63) is 51.8 Å². The third-order valence-electron chi connectivity index (χ3n) is 5.08. The monoisotopic (exact) mass is 414 g/mol. The third kappa shape index (κ3) is 4.70. The van der Waals surface area contributed by atoms with E-state index < -0.39 is 0 Å². The molecule has 3 rings (SSSR count). The molecule has 1 atom stereocenters. The van der Waals surface area contributed by atoms with Crippen LogP contribution in [0.5, 0.6) is 0 Å². The molecular formula is C21H30N6OS. The molecule has 3 aromatic heterocycles. The molecule has 0 bridgehead atoms. The number of aromatic nitrogens is 5. The van der Waals surface area contributed by atoms with Crippen LogP contribution in [0.4, 0.5) is 0 Å². The number of hydrogen-bond donors (Lipinski definition) is 0. The SMILES string of the molecule is CCCCn1c(SCc2cc(=O)n3cccc(C)c3n2)nnc1C(CC)N(C)C. The van der Waals surface area contributed by atoms with Crippen molar-refractivity contribution in [3.8, 4) is 0 Å². The maximum absolute atomic E-state index is 12.5. The lowest BCUT2D eigenvalue weighted by Gasteiger charge is -2.23. The van der Waals surface area contributed by atoms with Gasteiger partial charge in [0.1, 0.15) is 5.65 Å². The van der Waals surface area contributed by atoms with Crippen molar-refractivity contribution in [3.63, 3.8) is 0 Å². The predicted octanol–water partition coefficient (Wildman–Crippen LogP) is 3.70. The van der Waals surface area contributed by atoms with Crippen LogP contribution < -0.4 is 5.56 Å². The van der Waals surface area contributed by atoms with E-state index in [1.165, 1.54) is 0 Å². The lowest BCUT2D eigenvalue weighted by atomic mass is 10.2. The van der Waals surface area contributed by atoms with Gasteiger partial charge in [0.2, 0.25) is 0 Å². The van der Waals surface area contributed by atoms with E-state index in [-0.39, 0.29) is 11.6 Å². The fourth-order valence-electron chi connectivity index (χ4n) is 3.48. The molecule has 7 nitrogen and oxygen atoms in total. The summed E-state index contributed by atoms with van der Waals surface area (Å²) in [6.07, 6.45) is 4.93. The first-order valence-electron chi connectivity index (χ1n) is 10.2. The molecule has 1 unspecified atom stereocenters. The van der Waals surface area contributed by atoms with Gasteiger partial charge in [-0.15, -0.1) is 10.2 Å². The van der Waals surface area contributed by atoms with Gasteiger partial charge in [0.05, 0.1) is 11.7 Å². The molecule has 0 aliphatic rings. The highest BCUT2D eigenvalue weighted by Gasteiger charge is 2.22. The van der Waals surface area contributed by atoms with Crippen molar-refractivity contribution in [1.29, 1.82) is 0 Å². The van der Waals surface area contributed by atoms with E-state index in [0.29, 0.717) is 11.4 Å². The molecule has 0 N–H and O–H groups in total. The van der Waals surface area contributed by atoms with Gasteiger partial charge in [0.15, 0.2) is 11.0 Å². The van der Waals surface area contributed by atoms with Gasteiger partial charge in [0, 0.05) is 24.6 Å². The minimum Gasteiger partial charge on any atom is -0.305 e. The zero-order valence-electron chi connectivity index (χ0n) is 17.9. The highest BCUT2D eigenvalue weighted by molar-refractivity contribution is 7.98. The Hall–Kier alpha value is -2.19. The molecule has 0 fully saturated rings. The Balaban J connectivity index is 1.88. The first kappa shape index (κ1) is 21.5. The van der Waals surface area contributed by atoms with Crippen LogP contribution in [-0.2, 0) is 12.3 Å². The summed E-state index contributed by atoms with van der Waals surface area (Å²) in [5.74, 6) is 1.60. The quantitative estimate of drug-likeness (QED) is 0.497. The first-order chi connectivity index (χ1) is 14.0. The van der Waals surface area contributed by atoms with Crippen LogP contribution in [0, 0.1) is 6.92 Å². The van der Waals surface area contributed by atoms with Crippen LogP contribution >= 0.6 is 11.8 Å². The highest BCUT2D eigenvalue weighted by Crippen LogP contribution is 2.27. The zero-order chi connectivity index (χ0) is 21.0. The van der Waals surface area contributed by atoms with Crippen LogP contribution in [-0.4, -0.2) is 43.1 Å². The van der Waals surface area contributed by atoms with Gasteiger partial charge < -0.3 is 4.57 Å². The fourth-order valence-corrected chi connectivity index (χ4v) is 4.34. The zero-order valence-corrected chi connectivity index (χ0v) is 18.7. The van der Waals surface area contributed by atoms with E-state index in [4.69, 9.17) is 4.98 Å². The van der Waals surface area contributed by atoms with E-state index in [0.717, 1.165) is 48.0 Å². The maximum Gasteiger partial charge on any atom is 0.258 e. The summed E-state index contributed by atoms with van der Waals surface area (Å²) in [5.41, 5.74) is 2.41. The van der Waals surface area contributed by atoms with Crippen LogP contribution in [0.3, 0.4) is 0 Å². The molecule has 0 saturated carbocycles. The van der Waals surface area contributed by atoms with Gasteiger partial charge in [-0.3, -0.25) is 14.1 Å². The van der Waals surface area contributed by atoms with Gasteiger partial charge in [-0.25, -0.2) is 4.98 Å². The lowest BCUT2D eigenvalue weighted by molar-refractivity contribution is 0.270. The Morgan fingerprint density at radius 1 is 1.24 bits per heavy atom. The molecule has 0 aliphatic carbocycles. The van der Waals surface area contributed by atoms with E-state index in [2.05, 4.69) is 47.6 Å². The number of rotatable bonds is 9. The summed E-state index contributed by atoms with van der Waals surface area (Å²) in [7, 11) is 4.16. The summed E-state index contributed by atoms with van der Waals surface area (Å²) in [4.78, 5) is 19.3. The third-order valence-corrected chi connectivity index (χ3v) is 6.08. The normalized spacial score (nSPS) is 12.8. The Bertz CT molecular complexity index is 1030. The van der Waals surface area contributed by atoms with Crippen molar-refractivity contribution in [2.24, 2.45) is 0 Å². The molecule has 3 aromatic rings. The standard InChI is InChI=1S/C21H30N6OS/c1-6-8-11-27-20(17(7-2)25(4)5)23-24-21(27)29-14-16-13-18(28)26-12-9-10-15(3)19(26)22-16/h9-10,12-13,17H,6-8,11,14H2,1-5H3. The van der Waals surface area contributed by atoms with Crippen LogP contribution in [0.1, 0.15) is 56.2 Å². The van der Waals surface area contributed by atoms with Crippen molar-refractivity contribution < 1.29 is 0 Å². The van der Waals surface area contributed by atoms with Gasteiger partial charge in [-0.2, -0.15) is 0 Å². The Morgan fingerprint density at radius 3 is 2.72 bits per heavy atom. The summed E-state index contributed by atoms with van der Waals surface area (Å²) in [6, 6.07) is 5.69. The number of thioether (sulfide) groups is 1. The number of unbranched alkanes of at least 4 members (excludes halogenated alkanes) is 1. The summed E-state index contributed by atoms with van der Waals surface area (Å²) >= 11 is 1.59. The largest absolute Gasteiger partial charge is 0.305 e. The number of nitrogens with zero attached hydrogens (tertiary/aromatic N) is 6. The predicted molar refractivity (Wildman–Crippen MR) is 117 cm³/mol. The van der Waals surface area contributed by atoms with Gasteiger partial charge in [0.25, 0.3) is 5.56 Å². The summed E-state index contributed by atoms with van der Waals surface area (Å²) < 4.78 is 3.83. The summed E-state index contributed by atoms with van der Waals surface area (Å²) in [6.45, 7) is 7.23. The smallest absolute Gasteiger partial charge is 0.258 e. The Kier molecular flexibility index (Phi) is 7.08.